The summed E-state index contributed by atoms with van der Waals surface area (Å²) in [6.45, 7) is 0.725. The van der Waals surface area contributed by atoms with Crippen LogP contribution in [-0.4, -0.2) is 26.2 Å². The normalized spacial score (nSPS) is 10.3. The topological polar surface area (TPSA) is 47.6 Å². The average molecular weight is 368 g/mol. The van der Waals surface area contributed by atoms with Crippen molar-refractivity contribution in [3.05, 3.63) is 58.3 Å². The quantitative estimate of drug-likeness (QED) is 0.788. The molecule has 0 aliphatic rings. The lowest BCUT2D eigenvalue weighted by Crippen LogP contribution is -2.15. The van der Waals surface area contributed by atoms with Crippen molar-refractivity contribution in [1.29, 1.82) is 0 Å². The van der Waals surface area contributed by atoms with E-state index in [1.54, 1.807) is 37.4 Å². The molecule has 0 heterocycles. The van der Waals surface area contributed by atoms with Gasteiger partial charge in [0.05, 0.1) is 17.9 Å². The van der Waals surface area contributed by atoms with E-state index in [1.807, 2.05) is 0 Å². The molecule has 1 N–H and O–H groups in total. The fourth-order valence-electron chi connectivity index (χ4n) is 1.79. The van der Waals surface area contributed by atoms with Crippen molar-refractivity contribution in [3.63, 3.8) is 0 Å². The highest BCUT2D eigenvalue weighted by molar-refractivity contribution is 9.10. The van der Waals surface area contributed by atoms with Gasteiger partial charge in [-0.2, -0.15) is 0 Å². The third kappa shape index (κ3) is 4.29. The lowest BCUT2D eigenvalue weighted by atomic mass is 10.2. The average Bonchev–Trinajstić information content (AvgIpc) is 2.51. The third-order valence-corrected chi connectivity index (χ3v) is 3.35. The Morgan fingerprint density at radius 3 is 2.73 bits per heavy atom. The molecule has 0 unspecified atom stereocenters. The number of para-hydroxylation sites is 1. The SMILES string of the molecule is COCCOc1ccc(Br)cc1C(=O)Nc1ccccc1F. The largest absolute Gasteiger partial charge is 0.490 e. The Bertz CT molecular complexity index is 664. The van der Waals surface area contributed by atoms with Crippen LogP contribution in [0.1, 0.15) is 10.4 Å². The Labute approximate surface area is 136 Å². The van der Waals surface area contributed by atoms with Crippen LogP contribution in [0.25, 0.3) is 0 Å². The molecule has 6 heteroatoms. The molecule has 0 saturated carbocycles. The standard InChI is InChI=1S/C16H15BrFNO3/c1-21-8-9-22-15-7-6-11(17)10-12(15)16(20)19-14-5-3-2-4-13(14)18/h2-7,10H,8-9H2,1H3,(H,19,20). The first-order chi connectivity index (χ1) is 10.6. The number of benzene rings is 2. The van der Waals surface area contributed by atoms with Gasteiger partial charge in [-0.25, -0.2) is 4.39 Å². The van der Waals surface area contributed by atoms with Crippen LogP contribution in [-0.2, 0) is 4.74 Å². The van der Waals surface area contributed by atoms with Crippen LogP contribution in [0.15, 0.2) is 46.9 Å². The lowest BCUT2D eigenvalue weighted by Gasteiger charge is -2.12. The second-order valence-electron chi connectivity index (χ2n) is 4.42. The molecule has 116 valence electrons. The summed E-state index contributed by atoms with van der Waals surface area (Å²) in [5.41, 5.74) is 0.434. The van der Waals surface area contributed by atoms with Crippen molar-refractivity contribution < 1.29 is 18.7 Å². The van der Waals surface area contributed by atoms with Gasteiger partial charge in [-0.3, -0.25) is 4.79 Å². The van der Waals surface area contributed by atoms with E-state index in [0.717, 1.165) is 4.47 Å². The van der Waals surface area contributed by atoms with Crippen molar-refractivity contribution in [3.8, 4) is 5.75 Å². The Balaban J connectivity index is 2.20. The first-order valence-corrected chi connectivity index (χ1v) is 7.38. The number of ether oxygens (including phenoxy) is 2. The Hall–Kier alpha value is -1.92. The molecular weight excluding hydrogens is 353 g/mol. The minimum Gasteiger partial charge on any atom is -0.490 e. The first kappa shape index (κ1) is 16.5. The molecule has 22 heavy (non-hydrogen) atoms. The van der Waals surface area contributed by atoms with Gasteiger partial charge in [0.15, 0.2) is 0 Å². The smallest absolute Gasteiger partial charge is 0.259 e. The number of amides is 1. The van der Waals surface area contributed by atoms with E-state index in [9.17, 15) is 9.18 Å². The van der Waals surface area contributed by atoms with Gasteiger partial charge in [0.1, 0.15) is 18.2 Å². The van der Waals surface area contributed by atoms with E-state index in [4.69, 9.17) is 9.47 Å². The third-order valence-electron chi connectivity index (χ3n) is 2.85. The Morgan fingerprint density at radius 2 is 2.00 bits per heavy atom. The summed E-state index contributed by atoms with van der Waals surface area (Å²) in [5, 5.41) is 2.54. The number of methoxy groups -OCH3 is 1. The molecule has 0 spiro atoms. The molecular formula is C16H15BrFNO3. The summed E-state index contributed by atoms with van der Waals surface area (Å²) in [4.78, 5) is 12.4. The molecule has 0 aliphatic heterocycles. The van der Waals surface area contributed by atoms with Crippen LogP contribution in [0.5, 0.6) is 5.75 Å². The van der Waals surface area contributed by atoms with Crippen molar-refractivity contribution in [2.45, 2.75) is 0 Å². The lowest BCUT2D eigenvalue weighted by molar-refractivity contribution is 0.101. The first-order valence-electron chi connectivity index (χ1n) is 6.59. The second kappa shape index (κ2) is 7.91. The number of halogens is 2. The monoisotopic (exact) mass is 367 g/mol. The zero-order chi connectivity index (χ0) is 15.9. The van der Waals surface area contributed by atoms with Crippen LogP contribution < -0.4 is 10.1 Å². The van der Waals surface area contributed by atoms with Gasteiger partial charge in [0, 0.05) is 11.6 Å². The molecule has 2 aromatic carbocycles. The highest BCUT2D eigenvalue weighted by atomic mass is 79.9. The highest BCUT2D eigenvalue weighted by Gasteiger charge is 2.15. The maximum absolute atomic E-state index is 13.6. The molecule has 1 amide bonds. The minimum absolute atomic E-state index is 0.121. The van der Waals surface area contributed by atoms with E-state index >= 15 is 0 Å². The number of carbonyl (C=O) groups is 1. The van der Waals surface area contributed by atoms with Gasteiger partial charge in [0.2, 0.25) is 0 Å². The fraction of sp³-hybridized carbons (Fsp3) is 0.188. The predicted octanol–water partition coefficient (Wildman–Crippen LogP) is 3.87. The number of nitrogens with one attached hydrogen (secondary N) is 1. The summed E-state index contributed by atoms with van der Waals surface area (Å²) >= 11 is 3.31. The molecule has 0 fully saturated rings. The molecule has 0 bridgehead atoms. The summed E-state index contributed by atoms with van der Waals surface area (Å²) < 4.78 is 24.8. The van der Waals surface area contributed by atoms with Crippen LogP contribution in [0, 0.1) is 5.82 Å². The number of hydrogen-bond donors (Lipinski definition) is 1. The molecule has 4 nitrogen and oxygen atoms in total. The zero-order valence-electron chi connectivity index (χ0n) is 11.9. The molecule has 0 aromatic heterocycles. The van der Waals surface area contributed by atoms with Gasteiger partial charge in [-0.05, 0) is 30.3 Å². The van der Waals surface area contributed by atoms with Gasteiger partial charge < -0.3 is 14.8 Å². The van der Waals surface area contributed by atoms with E-state index in [2.05, 4.69) is 21.2 Å². The van der Waals surface area contributed by atoms with Crippen LogP contribution >= 0.6 is 15.9 Å². The fourth-order valence-corrected chi connectivity index (χ4v) is 2.15. The van der Waals surface area contributed by atoms with Crippen LogP contribution in [0.4, 0.5) is 10.1 Å². The van der Waals surface area contributed by atoms with Gasteiger partial charge in [0.25, 0.3) is 5.91 Å². The molecule has 2 aromatic rings. The van der Waals surface area contributed by atoms with Gasteiger partial charge in [-0.1, -0.05) is 28.1 Å². The maximum atomic E-state index is 13.6. The van der Waals surface area contributed by atoms with E-state index in [-0.39, 0.29) is 5.69 Å². The van der Waals surface area contributed by atoms with Crippen molar-refractivity contribution in [2.75, 3.05) is 25.6 Å². The minimum atomic E-state index is -0.493. The molecule has 0 aliphatic carbocycles. The van der Waals surface area contributed by atoms with Crippen molar-refractivity contribution in [1.82, 2.24) is 0 Å². The molecule has 0 radical (unpaired) electrons. The Morgan fingerprint density at radius 1 is 1.23 bits per heavy atom. The summed E-state index contributed by atoms with van der Waals surface area (Å²) in [7, 11) is 1.57. The molecule has 0 saturated heterocycles. The molecule has 0 atom stereocenters. The zero-order valence-corrected chi connectivity index (χ0v) is 13.5. The summed E-state index contributed by atoms with van der Waals surface area (Å²) in [5.74, 6) is -0.527. The van der Waals surface area contributed by atoms with Crippen LogP contribution in [0.3, 0.4) is 0 Å². The summed E-state index contributed by atoms with van der Waals surface area (Å²) in [6, 6.07) is 11.1. The van der Waals surface area contributed by atoms with Crippen LogP contribution in [0.2, 0.25) is 0 Å². The van der Waals surface area contributed by atoms with Crippen molar-refractivity contribution in [2.24, 2.45) is 0 Å². The maximum Gasteiger partial charge on any atom is 0.259 e. The second-order valence-corrected chi connectivity index (χ2v) is 5.33. The number of carbonyl (C=O) groups excluding carboxylic acids is 1. The molecule has 2 rings (SSSR count). The van der Waals surface area contributed by atoms with E-state index in [0.29, 0.717) is 24.5 Å². The van der Waals surface area contributed by atoms with Crippen molar-refractivity contribution >= 4 is 27.5 Å². The van der Waals surface area contributed by atoms with E-state index < -0.39 is 11.7 Å². The Kier molecular flexibility index (Phi) is 5.91. The number of rotatable bonds is 6. The summed E-state index contributed by atoms with van der Waals surface area (Å²) in [6.07, 6.45) is 0. The van der Waals surface area contributed by atoms with Gasteiger partial charge in [-0.15, -0.1) is 0 Å². The number of hydrogen-bond acceptors (Lipinski definition) is 3. The number of anilines is 1. The van der Waals surface area contributed by atoms with Gasteiger partial charge >= 0.3 is 0 Å². The predicted molar refractivity (Wildman–Crippen MR) is 85.9 cm³/mol. The highest BCUT2D eigenvalue weighted by Crippen LogP contribution is 2.25. The van der Waals surface area contributed by atoms with E-state index in [1.165, 1.54) is 12.1 Å².